The summed E-state index contributed by atoms with van der Waals surface area (Å²) in [5, 5.41) is 23.9. The van der Waals surface area contributed by atoms with Gasteiger partial charge >= 0.3 is 0 Å². The molecule has 1 N–H and O–H groups in total. The monoisotopic (exact) mass is 417 g/mol. The topological polar surface area (TPSA) is 131 Å². The van der Waals surface area contributed by atoms with Crippen molar-refractivity contribution in [3.63, 3.8) is 0 Å². The summed E-state index contributed by atoms with van der Waals surface area (Å²) in [5.74, 6) is -0.473. The lowest BCUT2D eigenvalue weighted by molar-refractivity contribution is -0.384. The number of carbonyl (C=O) groups is 1. The van der Waals surface area contributed by atoms with Crippen LogP contribution in [0.3, 0.4) is 0 Å². The van der Waals surface area contributed by atoms with Crippen LogP contribution in [-0.4, -0.2) is 28.0 Å². The van der Waals surface area contributed by atoms with Gasteiger partial charge in [-0.2, -0.15) is 0 Å². The molecule has 0 unspecified atom stereocenters. The van der Waals surface area contributed by atoms with Crippen molar-refractivity contribution in [2.45, 2.75) is 0 Å². The van der Waals surface area contributed by atoms with Crippen molar-refractivity contribution in [1.82, 2.24) is 0 Å². The number of amides is 1. The van der Waals surface area contributed by atoms with Crippen LogP contribution in [0.1, 0.15) is 11.1 Å². The van der Waals surface area contributed by atoms with E-state index in [0.29, 0.717) is 22.5 Å². The van der Waals surface area contributed by atoms with E-state index in [0.717, 1.165) is 5.01 Å². The highest BCUT2D eigenvalue weighted by Crippen LogP contribution is 2.32. The molecule has 4 rings (SSSR count). The molecule has 3 aromatic rings. The molecule has 10 heteroatoms. The predicted octanol–water partition coefficient (Wildman–Crippen LogP) is 3.71. The highest BCUT2D eigenvalue weighted by atomic mass is 16.6. The SMILES string of the molecule is O=C1CN=C(c2ccccc2)c2cc([N+](=O)[O-])ccc2N1Nc1ccccc1[N+](=O)[O-]. The zero-order valence-corrected chi connectivity index (χ0v) is 16.0. The van der Waals surface area contributed by atoms with Gasteiger partial charge in [0, 0.05) is 29.3 Å². The Kier molecular flexibility index (Phi) is 5.10. The second kappa shape index (κ2) is 8.03. The maximum atomic E-state index is 12.9. The van der Waals surface area contributed by atoms with Crippen molar-refractivity contribution < 1.29 is 14.6 Å². The number of hydrogen-bond acceptors (Lipinski definition) is 7. The van der Waals surface area contributed by atoms with Crippen molar-refractivity contribution in [2.75, 3.05) is 17.0 Å². The number of non-ortho nitro benzene ring substituents is 1. The summed E-state index contributed by atoms with van der Waals surface area (Å²) in [6, 6.07) is 18.9. The largest absolute Gasteiger partial charge is 0.294 e. The number of para-hydroxylation sites is 2. The molecule has 0 radical (unpaired) electrons. The van der Waals surface area contributed by atoms with Gasteiger partial charge in [0.2, 0.25) is 0 Å². The summed E-state index contributed by atoms with van der Waals surface area (Å²) in [6.45, 7) is -0.250. The smallest absolute Gasteiger partial charge is 0.285 e. The number of anilines is 2. The summed E-state index contributed by atoms with van der Waals surface area (Å²) in [4.78, 5) is 39.0. The van der Waals surface area contributed by atoms with Crippen LogP contribution in [-0.2, 0) is 4.79 Å². The summed E-state index contributed by atoms with van der Waals surface area (Å²) in [7, 11) is 0. The normalized spacial score (nSPS) is 13.1. The molecule has 0 spiro atoms. The number of nitrogens with zero attached hydrogens (tertiary/aromatic N) is 4. The molecule has 1 heterocycles. The number of carbonyl (C=O) groups excluding carboxylic acids is 1. The number of nitrogens with one attached hydrogen (secondary N) is 1. The molecule has 3 aromatic carbocycles. The molecule has 1 aliphatic heterocycles. The van der Waals surface area contributed by atoms with Crippen molar-refractivity contribution in [3.05, 3.63) is 104 Å². The lowest BCUT2D eigenvalue weighted by atomic mass is 10.00. The van der Waals surface area contributed by atoms with E-state index in [4.69, 9.17) is 0 Å². The van der Waals surface area contributed by atoms with Crippen LogP contribution in [0.4, 0.5) is 22.7 Å². The zero-order valence-electron chi connectivity index (χ0n) is 16.0. The van der Waals surface area contributed by atoms with Gasteiger partial charge in [-0.15, -0.1) is 0 Å². The molecule has 0 fully saturated rings. The zero-order chi connectivity index (χ0) is 22.0. The fourth-order valence-corrected chi connectivity index (χ4v) is 3.27. The minimum atomic E-state index is -0.562. The van der Waals surface area contributed by atoms with Crippen molar-refractivity contribution in [2.24, 2.45) is 4.99 Å². The summed E-state index contributed by atoms with van der Waals surface area (Å²) in [5.41, 5.74) is 4.28. The van der Waals surface area contributed by atoms with E-state index in [1.165, 1.54) is 36.4 Å². The van der Waals surface area contributed by atoms with Crippen LogP contribution >= 0.6 is 0 Å². The van der Waals surface area contributed by atoms with E-state index in [9.17, 15) is 25.0 Å². The van der Waals surface area contributed by atoms with Gasteiger partial charge in [0.15, 0.2) is 0 Å². The van der Waals surface area contributed by atoms with E-state index in [2.05, 4.69) is 10.4 Å². The number of nitro benzene ring substituents is 2. The van der Waals surface area contributed by atoms with Gasteiger partial charge in [-0.25, -0.2) is 5.01 Å². The minimum absolute atomic E-state index is 0.105. The molecule has 31 heavy (non-hydrogen) atoms. The Hall–Kier alpha value is -4.60. The van der Waals surface area contributed by atoms with E-state index >= 15 is 0 Å². The van der Waals surface area contributed by atoms with Crippen LogP contribution in [0, 0.1) is 20.2 Å². The van der Waals surface area contributed by atoms with Crippen molar-refractivity contribution in [3.8, 4) is 0 Å². The Morgan fingerprint density at radius 3 is 2.32 bits per heavy atom. The second-order valence-corrected chi connectivity index (χ2v) is 6.60. The molecule has 0 bridgehead atoms. The van der Waals surface area contributed by atoms with Crippen LogP contribution in [0.5, 0.6) is 0 Å². The molecule has 10 nitrogen and oxygen atoms in total. The third-order valence-corrected chi connectivity index (χ3v) is 4.69. The highest BCUT2D eigenvalue weighted by Gasteiger charge is 2.28. The molecule has 0 aromatic heterocycles. The first-order valence-corrected chi connectivity index (χ1v) is 9.17. The number of benzene rings is 3. The molecule has 1 amide bonds. The van der Waals surface area contributed by atoms with Gasteiger partial charge in [-0.05, 0) is 12.1 Å². The molecule has 0 atom stereocenters. The minimum Gasteiger partial charge on any atom is -0.285 e. The van der Waals surface area contributed by atoms with Gasteiger partial charge < -0.3 is 0 Å². The first-order valence-electron chi connectivity index (χ1n) is 9.17. The first kappa shape index (κ1) is 19.7. The molecular formula is C21H15N5O5. The Bertz CT molecular complexity index is 1230. The lowest BCUT2D eigenvalue weighted by Gasteiger charge is -2.24. The van der Waals surface area contributed by atoms with Gasteiger partial charge in [-0.3, -0.25) is 35.4 Å². The standard InChI is InChI=1S/C21H15N5O5/c27-20-13-22-21(14-6-2-1-3-7-14)16-12-15(25(28)29)10-11-18(16)24(20)23-17-8-4-5-9-19(17)26(30)31/h1-12,23H,13H2. The van der Waals surface area contributed by atoms with Crippen LogP contribution < -0.4 is 10.4 Å². The fraction of sp³-hybridized carbons (Fsp3) is 0.0476. The molecule has 0 saturated carbocycles. The second-order valence-electron chi connectivity index (χ2n) is 6.60. The average molecular weight is 417 g/mol. The van der Waals surface area contributed by atoms with Crippen LogP contribution in [0.15, 0.2) is 77.8 Å². The van der Waals surface area contributed by atoms with Crippen LogP contribution in [0.2, 0.25) is 0 Å². The molecule has 154 valence electrons. The van der Waals surface area contributed by atoms with Crippen LogP contribution in [0.25, 0.3) is 0 Å². The van der Waals surface area contributed by atoms with Crippen molar-refractivity contribution in [1.29, 1.82) is 0 Å². The molecule has 0 aliphatic carbocycles. The Labute approximate surface area is 175 Å². The van der Waals surface area contributed by atoms with Gasteiger partial charge in [0.25, 0.3) is 17.3 Å². The lowest BCUT2D eigenvalue weighted by Crippen LogP contribution is -2.38. The molecular weight excluding hydrogens is 402 g/mol. The third kappa shape index (κ3) is 3.81. The van der Waals surface area contributed by atoms with Crippen molar-refractivity contribution >= 4 is 34.4 Å². The number of nitro groups is 2. The number of hydrazine groups is 1. The van der Waals surface area contributed by atoms with Gasteiger partial charge in [0.1, 0.15) is 12.2 Å². The quantitative estimate of drug-likeness (QED) is 0.497. The predicted molar refractivity (Wildman–Crippen MR) is 114 cm³/mol. The number of benzodiazepines with no additional fused rings is 1. The molecule has 1 aliphatic rings. The van der Waals surface area contributed by atoms with E-state index in [1.54, 1.807) is 30.3 Å². The maximum absolute atomic E-state index is 12.9. The van der Waals surface area contributed by atoms with E-state index in [-0.39, 0.29) is 23.6 Å². The fourth-order valence-electron chi connectivity index (χ4n) is 3.27. The first-order chi connectivity index (χ1) is 15.0. The van der Waals surface area contributed by atoms with E-state index < -0.39 is 15.8 Å². The maximum Gasteiger partial charge on any atom is 0.294 e. The Morgan fingerprint density at radius 1 is 0.903 bits per heavy atom. The average Bonchev–Trinajstić information content (AvgIpc) is 2.91. The van der Waals surface area contributed by atoms with Gasteiger partial charge in [0.05, 0.1) is 21.2 Å². The number of hydrogen-bond donors (Lipinski definition) is 1. The summed E-state index contributed by atoms with van der Waals surface area (Å²) in [6.07, 6.45) is 0. The Balaban J connectivity index is 1.86. The molecule has 0 saturated heterocycles. The Morgan fingerprint density at radius 2 is 1.61 bits per heavy atom. The highest BCUT2D eigenvalue weighted by molar-refractivity contribution is 6.20. The van der Waals surface area contributed by atoms with Gasteiger partial charge in [-0.1, -0.05) is 42.5 Å². The number of rotatable bonds is 5. The summed E-state index contributed by atoms with van der Waals surface area (Å²) >= 11 is 0. The summed E-state index contributed by atoms with van der Waals surface area (Å²) < 4.78 is 0. The third-order valence-electron chi connectivity index (χ3n) is 4.69. The number of aliphatic imine (C=N–C) groups is 1. The number of fused-ring (bicyclic) bond motifs is 1. The van der Waals surface area contributed by atoms with E-state index in [1.807, 2.05) is 6.07 Å².